The van der Waals surface area contributed by atoms with E-state index in [-0.39, 0.29) is 16.7 Å². The van der Waals surface area contributed by atoms with E-state index in [1.165, 1.54) is 12.1 Å². The van der Waals surface area contributed by atoms with Gasteiger partial charge < -0.3 is 10.4 Å². The second kappa shape index (κ2) is 6.32. The predicted molar refractivity (Wildman–Crippen MR) is 93.9 cm³/mol. The van der Waals surface area contributed by atoms with Crippen molar-refractivity contribution in [3.8, 4) is 5.69 Å². The highest BCUT2D eigenvalue weighted by molar-refractivity contribution is 8.00. The number of carbonyl (C=O) groups is 2. The number of thioether (sulfide) groups is 1. The van der Waals surface area contributed by atoms with Gasteiger partial charge in [-0.05, 0) is 37.1 Å². The zero-order valence-electron chi connectivity index (χ0n) is 13.7. The molecule has 1 atom stereocenters. The van der Waals surface area contributed by atoms with Gasteiger partial charge in [-0.15, -0.1) is 11.8 Å². The minimum Gasteiger partial charge on any atom is -0.478 e. The summed E-state index contributed by atoms with van der Waals surface area (Å²) < 4.78 is 1.69. The van der Waals surface area contributed by atoms with Crippen LogP contribution in [0.3, 0.4) is 0 Å². The summed E-state index contributed by atoms with van der Waals surface area (Å²) in [6, 6.07) is 6.47. The number of carbonyl (C=O) groups excluding carboxylic acids is 1. The number of rotatable bonds is 3. The largest absolute Gasteiger partial charge is 0.478 e. The summed E-state index contributed by atoms with van der Waals surface area (Å²) in [5, 5.41) is 16.8. The van der Waals surface area contributed by atoms with E-state index in [0.29, 0.717) is 17.5 Å². The molecule has 1 aliphatic heterocycles. The molecule has 0 unspecified atom stereocenters. The molecule has 0 fully saturated rings. The van der Waals surface area contributed by atoms with Crippen molar-refractivity contribution in [1.29, 1.82) is 0 Å². The number of aromatic carboxylic acids is 1. The Bertz CT molecular complexity index is 796. The Labute approximate surface area is 144 Å². The molecular formula is C17H19N3O3S. The molecule has 7 heteroatoms. The molecule has 0 spiro atoms. The second-order valence-electron chi connectivity index (χ2n) is 6.14. The molecule has 1 aromatic heterocycles. The lowest BCUT2D eigenvalue weighted by atomic mass is 10.0. The van der Waals surface area contributed by atoms with Crippen LogP contribution in [-0.4, -0.2) is 32.5 Å². The smallest absolute Gasteiger partial charge is 0.335 e. The highest BCUT2D eigenvalue weighted by atomic mass is 32.2. The first kappa shape index (κ1) is 16.6. The van der Waals surface area contributed by atoms with Crippen LogP contribution in [0.15, 0.2) is 24.3 Å². The summed E-state index contributed by atoms with van der Waals surface area (Å²) in [5.41, 5.74) is 2.86. The first-order valence-electron chi connectivity index (χ1n) is 7.73. The van der Waals surface area contributed by atoms with Crippen molar-refractivity contribution >= 4 is 29.5 Å². The van der Waals surface area contributed by atoms with E-state index in [1.807, 2.05) is 6.92 Å². The highest BCUT2D eigenvalue weighted by Crippen LogP contribution is 2.43. The number of amides is 1. The average molecular weight is 345 g/mol. The second-order valence-corrected chi connectivity index (χ2v) is 7.27. The summed E-state index contributed by atoms with van der Waals surface area (Å²) >= 11 is 1.63. The zero-order valence-corrected chi connectivity index (χ0v) is 14.6. The topological polar surface area (TPSA) is 84.2 Å². The van der Waals surface area contributed by atoms with E-state index in [9.17, 15) is 9.59 Å². The van der Waals surface area contributed by atoms with Crippen LogP contribution in [0, 0.1) is 12.8 Å². The lowest BCUT2D eigenvalue weighted by Gasteiger charge is -2.18. The maximum absolute atomic E-state index is 12.1. The number of anilines is 1. The van der Waals surface area contributed by atoms with Crippen molar-refractivity contribution in [1.82, 2.24) is 9.78 Å². The van der Waals surface area contributed by atoms with Crippen LogP contribution < -0.4 is 5.32 Å². The number of hydrogen-bond acceptors (Lipinski definition) is 4. The molecule has 0 saturated carbocycles. The SMILES string of the molecule is Cc1nn(-c2ccc(C(=O)O)cc2)c2c1[C@H](C(C)C)SCC(=O)N2. The molecule has 1 aliphatic rings. The number of aromatic nitrogens is 2. The number of benzene rings is 1. The van der Waals surface area contributed by atoms with E-state index >= 15 is 0 Å². The van der Waals surface area contributed by atoms with Gasteiger partial charge in [0.05, 0.1) is 22.7 Å². The lowest BCUT2D eigenvalue weighted by molar-refractivity contribution is -0.113. The van der Waals surface area contributed by atoms with Gasteiger partial charge in [-0.25, -0.2) is 9.48 Å². The maximum Gasteiger partial charge on any atom is 0.335 e. The number of hydrogen-bond donors (Lipinski definition) is 2. The van der Waals surface area contributed by atoms with Gasteiger partial charge in [0.25, 0.3) is 0 Å². The number of nitrogens with one attached hydrogen (secondary N) is 1. The number of carboxylic acid groups (broad SMARTS) is 1. The first-order valence-corrected chi connectivity index (χ1v) is 8.78. The van der Waals surface area contributed by atoms with Gasteiger partial charge in [0, 0.05) is 10.8 Å². The molecule has 24 heavy (non-hydrogen) atoms. The lowest BCUT2D eigenvalue weighted by Crippen LogP contribution is -2.15. The van der Waals surface area contributed by atoms with Crippen LogP contribution in [0.25, 0.3) is 5.69 Å². The van der Waals surface area contributed by atoms with Gasteiger partial charge in [0.15, 0.2) is 0 Å². The van der Waals surface area contributed by atoms with E-state index in [1.54, 1.807) is 28.6 Å². The van der Waals surface area contributed by atoms with Crippen molar-refractivity contribution in [2.45, 2.75) is 26.0 Å². The molecule has 2 heterocycles. The van der Waals surface area contributed by atoms with Crippen LogP contribution in [-0.2, 0) is 4.79 Å². The Kier molecular flexibility index (Phi) is 4.36. The van der Waals surface area contributed by atoms with Gasteiger partial charge in [-0.2, -0.15) is 5.10 Å². The molecule has 2 aromatic rings. The van der Waals surface area contributed by atoms with Crippen LogP contribution in [0.2, 0.25) is 0 Å². The normalized spacial score (nSPS) is 17.3. The summed E-state index contributed by atoms with van der Waals surface area (Å²) in [5.74, 6) is 0.445. The van der Waals surface area contributed by atoms with E-state index < -0.39 is 5.97 Å². The minimum atomic E-state index is -0.971. The Morgan fingerprint density at radius 2 is 2.04 bits per heavy atom. The maximum atomic E-state index is 12.1. The number of nitrogens with zero attached hydrogens (tertiary/aromatic N) is 2. The van der Waals surface area contributed by atoms with Crippen LogP contribution in [0.4, 0.5) is 5.82 Å². The number of carboxylic acids is 1. The standard InChI is InChI=1S/C17H19N3O3S/c1-9(2)15-14-10(3)19-20(16(14)18-13(21)8-24-15)12-6-4-11(5-7-12)17(22)23/h4-7,9,15H,8H2,1-3H3,(H,18,21)(H,22,23)/t15-/m0/s1. The molecule has 6 nitrogen and oxygen atoms in total. The fourth-order valence-electron chi connectivity index (χ4n) is 2.87. The van der Waals surface area contributed by atoms with Crippen molar-refractivity contribution in [2.24, 2.45) is 5.92 Å². The van der Waals surface area contributed by atoms with Crippen molar-refractivity contribution in [2.75, 3.05) is 11.1 Å². The highest BCUT2D eigenvalue weighted by Gasteiger charge is 2.31. The third-order valence-corrected chi connectivity index (χ3v) is 5.58. The third kappa shape index (κ3) is 2.91. The van der Waals surface area contributed by atoms with Gasteiger partial charge in [0.1, 0.15) is 5.82 Å². The molecule has 0 saturated heterocycles. The van der Waals surface area contributed by atoms with E-state index in [4.69, 9.17) is 5.11 Å². The zero-order chi connectivity index (χ0) is 17.4. The number of aryl methyl sites for hydroxylation is 1. The Hall–Kier alpha value is -2.28. The molecule has 2 N–H and O–H groups in total. The number of fused-ring (bicyclic) bond motifs is 1. The summed E-state index contributed by atoms with van der Waals surface area (Å²) in [6.45, 7) is 6.21. The Morgan fingerprint density at radius 3 is 2.62 bits per heavy atom. The molecule has 0 bridgehead atoms. The summed E-state index contributed by atoms with van der Waals surface area (Å²) in [7, 11) is 0. The van der Waals surface area contributed by atoms with Gasteiger partial charge in [-0.3, -0.25) is 4.79 Å². The Morgan fingerprint density at radius 1 is 1.38 bits per heavy atom. The quantitative estimate of drug-likeness (QED) is 0.892. The molecule has 1 aromatic carbocycles. The van der Waals surface area contributed by atoms with Crippen LogP contribution in [0.1, 0.15) is 40.7 Å². The van der Waals surface area contributed by atoms with Crippen LogP contribution in [0.5, 0.6) is 0 Å². The predicted octanol–water partition coefficient (Wildman–Crippen LogP) is 3.26. The summed E-state index contributed by atoms with van der Waals surface area (Å²) in [4.78, 5) is 23.1. The van der Waals surface area contributed by atoms with E-state index in [0.717, 1.165) is 16.9 Å². The minimum absolute atomic E-state index is 0.0484. The van der Waals surface area contributed by atoms with E-state index in [2.05, 4.69) is 24.3 Å². The van der Waals surface area contributed by atoms with Crippen LogP contribution >= 0.6 is 11.8 Å². The fraction of sp³-hybridized carbons (Fsp3) is 0.353. The summed E-state index contributed by atoms with van der Waals surface area (Å²) in [6.07, 6.45) is 0. The molecular weight excluding hydrogens is 326 g/mol. The monoisotopic (exact) mass is 345 g/mol. The molecule has 3 rings (SSSR count). The van der Waals surface area contributed by atoms with Gasteiger partial charge >= 0.3 is 5.97 Å². The third-order valence-electron chi connectivity index (χ3n) is 4.01. The Balaban J connectivity index is 2.12. The first-order chi connectivity index (χ1) is 11.4. The van der Waals surface area contributed by atoms with Crippen molar-refractivity contribution < 1.29 is 14.7 Å². The fourth-order valence-corrected chi connectivity index (χ4v) is 4.11. The van der Waals surface area contributed by atoms with Crippen molar-refractivity contribution in [3.05, 3.63) is 41.1 Å². The molecule has 0 radical (unpaired) electrons. The molecule has 126 valence electrons. The van der Waals surface area contributed by atoms with Crippen molar-refractivity contribution in [3.63, 3.8) is 0 Å². The van der Waals surface area contributed by atoms with Gasteiger partial charge in [0.2, 0.25) is 5.91 Å². The average Bonchev–Trinajstić information content (AvgIpc) is 2.74. The molecule has 0 aliphatic carbocycles. The molecule has 1 amide bonds. The van der Waals surface area contributed by atoms with Gasteiger partial charge in [-0.1, -0.05) is 13.8 Å².